The molecule has 0 bridgehead atoms. The molecule has 66 valence electrons. The highest BCUT2D eigenvalue weighted by Crippen LogP contribution is 2.15. The van der Waals surface area contributed by atoms with Crippen LogP contribution in [0.5, 0.6) is 0 Å². The third-order valence-corrected chi connectivity index (χ3v) is 1.78. The molecule has 1 heterocycles. The molecule has 0 aliphatic carbocycles. The van der Waals surface area contributed by atoms with Crippen molar-refractivity contribution in [1.29, 1.82) is 0 Å². The lowest BCUT2D eigenvalue weighted by Gasteiger charge is -2.03. The van der Waals surface area contributed by atoms with E-state index in [0.29, 0.717) is 10.3 Å². The SMILES string of the molecule is CCCNc1ncc(Br)cc1F. The molecular formula is C8H10BrFN2. The molecular weight excluding hydrogens is 223 g/mol. The van der Waals surface area contributed by atoms with Crippen LogP contribution in [0.3, 0.4) is 0 Å². The summed E-state index contributed by atoms with van der Waals surface area (Å²) in [6.45, 7) is 2.76. The Hall–Kier alpha value is -0.640. The lowest BCUT2D eigenvalue weighted by Crippen LogP contribution is -2.03. The lowest BCUT2D eigenvalue weighted by molar-refractivity contribution is 0.623. The monoisotopic (exact) mass is 232 g/mol. The molecule has 1 N–H and O–H groups in total. The van der Waals surface area contributed by atoms with Crippen LogP contribution in [0.25, 0.3) is 0 Å². The first-order chi connectivity index (χ1) is 5.74. The molecule has 4 heteroatoms. The van der Waals surface area contributed by atoms with Gasteiger partial charge in [-0.1, -0.05) is 6.92 Å². The maximum absolute atomic E-state index is 13.0. The first-order valence-electron chi connectivity index (χ1n) is 3.79. The number of aromatic nitrogens is 1. The van der Waals surface area contributed by atoms with Gasteiger partial charge in [0, 0.05) is 17.2 Å². The quantitative estimate of drug-likeness (QED) is 0.868. The van der Waals surface area contributed by atoms with Gasteiger partial charge in [-0.05, 0) is 28.4 Å². The first kappa shape index (κ1) is 9.45. The van der Waals surface area contributed by atoms with E-state index in [1.165, 1.54) is 6.07 Å². The Kier molecular flexibility index (Phi) is 3.47. The van der Waals surface area contributed by atoms with Gasteiger partial charge in [0.25, 0.3) is 0 Å². The van der Waals surface area contributed by atoms with Crippen LogP contribution in [0.4, 0.5) is 10.2 Å². The van der Waals surface area contributed by atoms with Crippen LogP contribution in [-0.2, 0) is 0 Å². The van der Waals surface area contributed by atoms with E-state index in [4.69, 9.17) is 0 Å². The Balaban J connectivity index is 2.72. The summed E-state index contributed by atoms with van der Waals surface area (Å²) in [5.41, 5.74) is 0. The summed E-state index contributed by atoms with van der Waals surface area (Å²) < 4.78 is 13.7. The maximum atomic E-state index is 13.0. The van der Waals surface area contributed by atoms with Crippen molar-refractivity contribution in [3.8, 4) is 0 Å². The zero-order chi connectivity index (χ0) is 8.97. The smallest absolute Gasteiger partial charge is 0.166 e. The minimum Gasteiger partial charge on any atom is -0.368 e. The molecule has 0 spiro atoms. The van der Waals surface area contributed by atoms with Gasteiger partial charge in [0.05, 0.1) is 0 Å². The van der Waals surface area contributed by atoms with Gasteiger partial charge in [-0.15, -0.1) is 0 Å². The largest absolute Gasteiger partial charge is 0.368 e. The number of hydrogen-bond acceptors (Lipinski definition) is 2. The van der Waals surface area contributed by atoms with Crippen LogP contribution in [0.15, 0.2) is 16.7 Å². The molecule has 0 saturated carbocycles. The summed E-state index contributed by atoms with van der Waals surface area (Å²) in [5, 5.41) is 2.88. The van der Waals surface area contributed by atoms with Crippen LogP contribution < -0.4 is 5.32 Å². The van der Waals surface area contributed by atoms with E-state index in [1.54, 1.807) is 6.20 Å². The Morgan fingerprint density at radius 2 is 2.42 bits per heavy atom. The summed E-state index contributed by atoms with van der Waals surface area (Å²) in [6, 6.07) is 1.39. The molecule has 12 heavy (non-hydrogen) atoms. The van der Waals surface area contributed by atoms with E-state index in [9.17, 15) is 4.39 Å². The summed E-state index contributed by atoms with van der Waals surface area (Å²) in [5.74, 6) is -0.00197. The second kappa shape index (κ2) is 4.40. The normalized spacial score (nSPS) is 9.92. The second-order valence-corrected chi connectivity index (χ2v) is 3.33. The molecule has 0 aliphatic heterocycles. The first-order valence-corrected chi connectivity index (χ1v) is 4.58. The van der Waals surface area contributed by atoms with Gasteiger partial charge < -0.3 is 5.32 Å². The maximum Gasteiger partial charge on any atom is 0.166 e. The zero-order valence-corrected chi connectivity index (χ0v) is 8.36. The van der Waals surface area contributed by atoms with E-state index in [1.807, 2.05) is 6.92 Å². The highest BCUT2D eigenvalue weighted by molar-refractivity contribution is 9.10. The molecule has 0 aliphatic rings. The van der Waals surface area contributed by atoms with Crippen LogP contribution >= 0.6 is 15.9 Å². The molecule has 2 nitrogen and oxygen atoms in total. The van der Waals surface area contributed by atoms with Crippen molar-refractivity contribution in [1.82, 2.24) is 4.98 Å². The van der Waals surface area contributed by atoms with Crippen molar-refractivity contribution in [3.05, 3.63) is 22.6 Å². The molecule has 0 amide bonds. The molecule has 1 aromatic heterocycles. The molecule has 0 saturated heterocycles. The standard InChI is InChI=1S/C8H10BrFN2/c1-2-3-11-8-7(10)4-6(9)5-12-8/h4-5H,2-3H2,1H3,(H,11,12). The predicted octanol–water partition coefficient (Wildman–Crippen LogP) is 2.81. The van der Waals surface area contributed by atoms with Crippen molar-refractivity contribution in [2.75, 3.05) is 11.9 Å². The molecule has 1 rings (SSSR count). The minimum absolute atomic E-state index is 0.319. The fourth-order valence-electron chi connectivity index (χ4n) is 0.788. The van der Waals surface area contributed by atoms with Crippen LogP contribution in [-0.4, -0.2) is 11.5 Å². The van der Waals surface area contributed by atoms with Gasteiger partial charge in [0.2, 0.25) is 0 Å². The Morgan fingerprint density at radius 3 is 3.00 bits per heavy atom. The predicted molar refractivity (Wildman–Crippen MR) is 50.7 cm³/mol. The second-order valence-electron chi connectivity index (χ2n) is 2.41. The third kappa shape index (κ3) is 2.44. The minimum atomic E-state index is -0.321. The van der Waals surface area contributed by atoms with Gasteiger partial charge in [-0.25, -0.2) is 9.37 Å². The number of hydrogen-bond donors (Lipinski definition) is 1. The van der Waals surface area contributed by atoms with E-state index in [0.717, 1.165) is 13.0 Å². The number of anilines is 1. The van der Waals surface area contributed by atoms with Crippen molar-refractivity contribution in [2.45, 2.75) is 13.3 Å². The molecule has 0 unspecified atom stereocenters. The van der Waals surface area contributed by atoms with E-state index in [-0.39, 0.29) is 5.82 Å². The Morgan fingerprint density at radius 1 is 1.67 bits per heavy atom. The molecule has 0 aromatic carbocycles. The van der Waals surface area contributed by atoms with E-state index < -0.39 is 0 Å². The Bertz CT molecular complexity index is 265. The fourth-order valence-corrected chi connectivity index (χ4v) is 1.09. The highest BCUT2D eigenvalue weighted by atomic mass is 79.9. The van der Waals surface area contributed by atoms with Crippen molar-refractivity contribution in [3.63, 3.8) is 0 Å². The van der Waals surface area contributed by atoms with E-state index >= 15 is 0 Å². The average molecular weight is 233 g/mol. The number of rotatable bonds is 3. The molecule has 1 aromatic rings. The van der Waals surface area contributed by atoms with Gasteiger partial charge in [0.15, 0.2) is 11.6 Å². The topological polar surface area (TPSA) is 24.9 Å². The Labute approximate surface area is 79.3 Å². The molecule has 0 radical (unpaired) electrons. The number of nitrogens with zero attached hydrogens (tertiary/aromatic N) is 1. The van der Waals surface area contributed by atoms with Crippen LogP contribution in [0, 0.1) is 5.82 Å². The molecule has 0 fully saturated rings. The average Bonchev–Trinajstić information content (AvgIpc) is 2.03. The van der Waals surface area contributed by atoms with Crippen molar-refractivity contribution in [2.24, 2.45) is 0 Å². The van der Waals surface area contributed by atoms with Gasteiger partial charge >= 0.3 is 0 Å². The summed E-state index contributed by atoms with van der Waals surface area (Å²) in [6.07, 6.45) is 2.53. The van der Waals surface area contributed by atoms with Gasteiger partial charge in [0.1, 0.15) is 0 Å². The summed E-state index contributed by atoms with van der Waals surface area (Å²) in [7, 11) is 0. The van der Waals surface area contributed by atoms with E-state index in [2.05, 4.69) is 26.2 Å². The van der Waals surface area contributed by atoms with Gasteiger partial charge in [-0.2, -0.15) is 0 Å². The zero-order valence-electron chi connectivity index (χ0n) is 6.77. The number of nitrogens with one attached hydrogen (secondary N) is 1. The number of halogens is 2. The third-order valence-electron chi connectivity index (χ3n) is 1.35. The van der Waals surface area contributed by atoms with Crippen LogP contribution in [0.1, 0.15) is 13.3 Å². The summed E-state index contributed by atoms with van der Waals surface area (Å²) >= 11 is 3.13. The van der Waals surface area contributed by atoms with Crippen molar-refractivity contribution >= 4 is 21.7 Å². The van der Waals surface area contributed by atoms with Gasteiger partial charge in [-0.3, -0.25) is 0 Å². The van der Waals surface area contributed by atoms with Crippen molar-refractivity contribution < 1.29 is 4.39 Å². The highest BCUT2D eigenvalue weighted by Gasteiger charge is 2.01. The molecule has 0 atom stereocenters. The number of pyridine rings is 1. The fraction of sp³-hybridized carbons (Fsp3) is 0.375. The lowest BCUT2D eigenvalue weighted by atomic mass is 10.4. The van der Waals surface area contributed by atoms with Crippen LogP contribution in [0.2, 0.25) is 0 Å². The summed E-state index contributed by atoms with van der Waals surface area (Å²) in [4.78, 5) is 3.88.